The quantitative estimate of drug-likeness (QED) is 0.630. The molecule has 2 saturated carbocycles. The molecule has 0 radical (unpaired) electrons. The van der Waals surface area contributed by atoms with Crippen molar-refractivity contribution in [3.63, 3.8) is 0 Å². The van der Waals surface area contributed by atoms with Crippen molar-refractivity contribution in [3.8, 4) is 12.3 Å². The summed E-state index contributed by atoms with van der Waals surface area (Å²) in [5.41, 5.74) is 1.33. The first-order chi connectivity index (χ1) is 10.5. The number of rotatable bonds is 2. The van der Waals surface area contributed by atoms with Gasteiger partial charge in [-0.1, -0.05) is 49.4 Å². The van der Waals surface area contributed by atoms with Gasteiger partial charge in [-0.15, -0.1) is 12.3 Å². The first kappa shape index (κ1) is 15.4. The smallest absolute Gasteiger partial charge is 0.0820 e. The minimum Gasteiger partial charge on any atom is -0.388 e. The molecule has 3 rings (SSSR count). The van der Waals surface area contributed by atoms with Gasteiger partial charge in [0.1, 0.15) is 0 Å². The van der Waals surface area contributed by atoms with Crippen molar-refractivity contribution in [2.75, 3.05) is 0 Å². The van der Waals surface area contributed by atoms with E-state index in [0.717, 1.165) is 25.7 Å². The molecule has 22 heavy (non-hydrogen) atoms. The molecule has 0 bridgehead atoms. The number of fused-ring (bicyclic) bond motifs is 1. The van der Waals surface area contributed by atoms with E-state index < -0.39 is 5.60 Å². The third-order valence-electron chi connectivity index (χ3n) is 6.11. The van der Waals surface area contributed by atoms with Crippen LogP contribution in [0.15, 0.2) is 42.5 Å². The molecule has 0 aliphatic heterocycles. The molecule has 1 aromatic carbocycles. The zero-order chi connectivity index (χ0) is 15.8. The highest BCUT2D eigenvalue weighted by Crippen LogP contribution is 2.58. The maximum atomic E-state index is 11.9. The van der Waals surface area contributed by atoms with Gasteiger partial charge >= 0.3 is 0 Å². The number of terminal acetylenes is 1. The average molecular weight is 294 g/mol. The molecule has 2 aliphatic carbocycles. The molecule has 0 spiro atoms. The third-order valence-corrected chi connectivity index (χ3v) is 6.11. The van der Waals surface area contributed by atoms with Crippen molar-refractivity contribution in [1.29, 1.82) is 0 Å². The van der Waals surface area contributed by atoms with Crippen LogP contribution >= 0.6 is 0 Å². The molecule has 0 saturated heterocycles. The highest BCUT2D eigenvalue weighted by atomic mass is 16.3. The monoisotopic (exact) mass is 294 g/mol. The topological polar surface area (TPSA) is 20.2 Å². The Hall–Kier alpha value is -1.52. The summed E-state index contributed by atoms with van der Waals surface area (Å²) >= 11 is 0. The van der Waals surface area contributed by atoms with Crippen LogP contribution in [0.2, 0.25) is 0 Å². The maximum Gasteiger partial charge on any atom is 0.0820 e. The standard InChI is InChI=1S/C21H26O/c1-4-13-20(18-8-6-5-7-9-18)14-12-17(3)19-11-10-16(2)15-21(19,20)22/h1,5-9,16,19,22H,3,10-15H2,2H3/t16-,19+,20+,21+/m0/s1. The SMILES string of the molecule is C#CC[C@]1(c2ccccc2)CCC(=C)[C@H]2CC[C@H](C)C[C@@]21O. The Balaban J connectivity index is 2.15. The average Bonchev–Trinajstić information content (AvgIpc) is 2.51. The molecule has 1 aromatic rings. The van der Waals surface area contributed by atoms with Gasteiger partial charge in [0.05, 0.1) is 5.60 Å². The van der Waals surface area contributed by atoms with Crippen molar-refractivity contribution < 1.29 is 5.11 Å². The molecule has 0 unspecified atom stereocenters. The predicted octanol–water partition coefficient (Wildman–Crippen LogP) is 4.47. The number of benzene rings is 1. The third kappa shape index (κ3) is 2.13. The second-order valence-corrected chi connectivity index (χ2v) is 7.35. The highest BCUT2D eigenvalue weighted by Gasteiger charge is 2.59. The zero-order valence-electron chi connectivity index (χ0n) is 13.5. The summed E-state index contributed by atoms with van der Waals surface area (Å²) in [7, 11) is 0. The first-order valence-corrected chi connectivity index (χ1v) is 8.42. The summed E-state index contributed by atoms with van der Waals surface area (Å²) in [6.07, 6.45) is 11.3. The Morgan fingerprint density at radius 3 is 2.73 bits per heavy atom. The Labute approximate surface area is 134 Å². The molecule has 0 amide bonds. The van der Waals surface area contributed by atoms with Crippen molar-refractivity contribution in [2.45, 2.75) is 56.5 Å². The molecule has 116 valence electrons. The van der Waals surface area contributed by atoms with Crippen LogP contribution in [-0.2, 0) is 5.41 Å². The van der Waals surface area contributed by atoms with Gasteiger partial charge in [0.2, 0.25) is 0 Å². The van der Waals surface area contributed by atoms with Crippen LogP contribution in [0, 0.1) is 24.2 Å². The molecule has 1 heteroatoms. The van der Waals surface area contributed by atoms with Crippen LogP contribution in [0.3, 0.4) is 0 Å². The zero-order valence-corrected chi connectivity index (χ0v) is 13.5. The summed E-state index contributed by atoms with van der Waals surface area (Å²) in [5, 5.41) is 11.9. The van der Waals surface area contributed by atoms with E-state index >= 15 is 0 Å². The number of hydrogen-bond acceptors (Lipinski definition) is 1. The van der Waals surface area contributed by atoms with Gasteiger partial charge < -0.3 is 5.11 Å². The molecule has 4 atom stereocenters. The highest BCUT2D eigenvalue weighted by molar-refractivity contribution is 5.37. The lowest BCUT2D eigenvalue weighted by Crippen LogP contribution is -2.61. The number of hydrogen-bond donors (Lipinski definition) is 1. The Morgan fingerprint density at radius 1 is 1.32 bits per heavy atom. The van der Waals surface area contributed by atoms with Crippen molar-refractivity contribution in [1.82, 2.24) is 0 Å². The normalized spacial score (nSPS) is 38.1. The fourth-order valence-corrected chi connectivity index (χ4v) is 4.97. The van der Waals surface area contributed by atoms with Gasteiger partial charge in [-0.25, -0.2) is 0 Å². The van der Waals surface area contributed by atoms with E-state index in [1.54, 1.807) is 0 Å². The second-order valence-electron chi connectivity index (χ2n) is 7.35. The van der Waals surface area contributed by atoms with Crippen molar-refractivity contribution in [2.24, 2.45) is 11.8 Å². The maximum absolute atomic E-state index is 11.9. The van der Waals surface area contributed by atoms with Crippen LogP contribution in [0.25, 0.3) is 0 Å². The second kappa shape index (κ2) is 5.60. The van der Waals surface area contributed by atoms with Gasteiger partial charge in [-0.3, -0.25) is 0 Å². The molecule has 2 fully saturated rings. The Kier molecular flexibility index (Phi) is 3.91. The van der Waals surface area contributed by atoms with Crippen LogP contribution in [-0.4, -0.2) is 10.7 Å². The number of aliphatic hydroxyl groups is 1. The lowest BCUT2D eigenvalue weighted by atomic mass is 9.49. The molecule has 0 aromatic heterocycles. The molecular weight excluding hydrogens is 268 g/mol. The van der Waals surface area contributed by atoms with Crippen molar-refractivity contribution >= 4 is 0 Å². The van der Waals surface area contributed by atoms with Gasteiger partial charge in [0.25, 0.3) is 0 Å². The summed E-state index contributed by atoms with van der Waals surface area (Å²) < 4.78 is 0. The van der Waals surface area contributed by atoms with Crippen LogP contribution in [0.1, 0.15) is 51.0 Å². The van der Waals surface area contributed by atoms with E-state index in [2.05, 4.69) is 43.7 Å². The first-order valence-electron chi connectivity index (χ1n) is 8.42. The van der Waals surface area contributed by atoms with E-state index in [1.807, 2.05) is 6.07 Å². The van der Waals surface area contributed by atoms with Crippen LogP contribution in [0.5, 0.6) is 0 Å². The van der Waals surface area contributed by atoms with Gasteiger partial charge in [-0.2, -0.15) is 0 Å². The Bertz CT molecular complexity index is 596. The lowest BCUT2D eigenvalue weighted by Gasteiger charge is -2.58. The fourth-order valence-electron chi connectivity index (χ4n) is 4.97. The lowest BCUT2D eigenvalue weighted by molar-refractivity contribution is -0.127. The molecule has 1 nitrogen and oxygen atoms in total. The minimum absolute atomic E-state index is 0.186. The fraction of sp³-hybridized carbons (Fsp3) is 0.524. The van der Waals surface area contributed by atoms with Crippen LogP contribution < -0.4 is 0 Å². The minimum atomic E-state index is -0.756. The predicted molar refractivity (Wildman–Crippen MR) is 91.4 cm³/mol. The van der Waals surface area contributed by atoms with Crippen molar-refractivity contribution in [3.05, 3.63) is 48.0 Å². The molecule has 2 aliphatic rings. The summed E-state index contributed by atoms with van der Waals surface area (Å²) in [6.45, 7) is 6.52. The van der Waals surface area contributed by atoms with Gasteiger partial charge in [0.15, 0.2) is 0 Å². The summed E-state index contributed by atoms with van der Waals surface area (Å²) in [4.78, 5) is 0. The van der Waals surface area contributed by atoms with Gasteiger partial charge in [-0.05, 0) is 43.6 Å². The van der Waals surface area contributed by atoms with Crippen LogP contribution in [0.4, 0.5) is 0 Å². The summed E-state index contributed by atoms with van der Waals surface area (Å²) in [6, 6.07) is 10.4. The van der Waals surface area contributed by atoms with E-state index in [1.165, 1.54) is 17.6 Å². The largest absolute Gasteiger partial charge is 0.388 e. The Morgan fingerprint density at radius 2 is 2.05 bits per heavy atom. The summed E-state index contributed by atoms with van der Waals surface area (Å²) in [5.74, 6) is 3.60. The molecular formula is C21H26O. The van der Waals surface area contributed by atoms with Gasteiger partial charge in [0, 0.05) is 17.8 Å². The van der Waals surface area contributed by atoms with E-state index in [0.29, 0.717) is 12.3 Å². The van der Waals surface area contributed by atoms with E-state index in [-0.39, 0.29) is 11.3 Å². The van der Waals surface area contributed by atoms with E-state index in [9.17, 15) is 5.11 Å². The molecule has 0 heterocycles. The van der Waals surface area contributed by atoms with E-state index in [4.69, 9.17) is 6.42 Å². The molecule has 1 N–H and O–H groups in total.